The summed E-state index contributed by atoms with van der Waals surface area (Å²) in [5.74, 6) is -0.310. The molecular weight excluding hydrogens is 210 g/mol. The van der Waals surface area contributed by atoms with Crippen molar-refractivity contribution in [1.29, 1.82) is 0 Å². The van der Waals surface area contributed by atoms with E-state index in [1.165, 1.54) is 0 Å². The molecule has 1 aromatic heterocycles. The average Bonchev–Trinajstić information content (AvgIpc) is 2.57. The average molecular weight is 227 g/mol. The van der Waals surface area contributed by atoms with Gasteiger partial charge in [-0.15, -0.1) is 11.3 Å². The van der Waals surface area contributed by atoms with Crippen molar-refractivity contribution in [2.75, 3.05) is 0 Å². The van der Waals surface area contributed by atoms with E-state index in [0.29, 0.717) is 12.3 Å². The zero-order valence-corrected chi connectivity index (χ0v) is 10.2. The summed E-state index contributed by atoms with van der Waals surface area (Å²) >= 11 is 1.66. The first-order valence-electron chi connectivity index (χ1n) is 5.24. The highest BCUT2D eigenvalue weighted by Crippen LogP contribution is 2.26. The lowest BCUT2D eigenvalue weighted by Gasteiger charge is -1.95. The highest BCUT2D eigenvalue weighted by atomic mass is 32.1. The van der Waals surface area contributed by atoms with Gasteiger partial charge in [0.15, 0.2) is 0 Å². The van der Waals surface area contributed by atoms with Crippen LogP contribution in [0.25, 0.3) is 0 Å². The van der Waals surface area contributed by atoms with Crippen LogP contribution in [-0.2, 0) is 17.6 Å². The molecule has 0 atom stereocenters. The predicted octanol–water partition coefficient (Wildman–Crippen LogP) is 2.85. The molecule has 0 aliphatic rings. The normalized spacial score (nSPS) is 10.9. The number of aryl methyl sites for hydroxylation is 2. The molecule has 0 unspecified atom stereocenters. The summed E-state index contributed by atoms with van der Waals surface area (Å²) in [7, 11) is 0. The standard InChI is InChI=1S/C11H17NO2S/c1-4-8-9(5-6-10(13)14)15-11(12-8)7(2)3/h7H,4-6H2,1-3H3,(H,13,14). The molecule has 0 radical (unpaired) electrons. The zero-order chi connectivity index (χ0) is 11.4. The fourth-order valence-electron chi connectivity index (χ4n) is 1.34. The molecule has 0 aliphatic carbocycles. The number of nitrogens with zero attached hydrogens (tertiary/aromatic N) is 1. The lowest BCUT2D eigenvalue weighted by Crippen LogP contribution is -1.98. The SMILES string of the molecule is CCc1nc(C(C)C)sc1CCC(=O)O. The van der Waals surface area contributed by atoms with Crippen molar-refractivity contribution in [2.45, 2.75) is 46.0 Å². The Bertz CT molecular complexity index is 344. The van der Waals surface area contributed by atoms with E-state index >= 15 is 0 Å². The molecular formula is C11H17NO2S. The number of hydrogen-bond donors (Lipinski definition) is 1. The van der Waals surface area contributed by atoms with Crippen LogP contribution in [0.1, 0.15) is 48.7 Å². The lowest BCUT2D eigenvalue weighted by molar-refractivity contribution is -0.136. The van der Waals surface area contributed by atoms with Crippen LogP contribution in [0.4, 0.5) is 0 Å². The third-order valence-electron chi connectivity index (χ3n) is 2.19. The first kappa shape index (κ1) is 12.2. The number of thiazole rings is 1. The second kappa shape index (κ2) is 5.26. The Labute approximate surface area is 94.2 Å². The van der Waals surface area contributed by atoms with Gasteiger partial charge in [-0.3, -0.25) is 4.79 Å². The first-order valence-corrected chi connectivity index (χ1v) is 6.06. The summed E-state index contributed by atoms with van der Waals surface area (Å²) in [6.45, 7) is 6.28. The number of carbonyl (C=O) groups is 1. The summed E-state index contributed by atoms with van der Waals surface area (Å²) in [6, 6.07) is 0. The van der Waals surface area contributed by atoms with Crippen LogP contribution in [0.3, 0.4) is 0 Å². The molecule has 1 N–H and O–H groups in total. The summed E-state index contributed by atoms with van der Waals surface area (Å²) in [4.78, 5) is 16.2. The van der Waals surface area contributed by atoms with Crippen molar-refractivity contribution in [3.8, 4) is 0 Å². The van der Waals surface area contributed by atoms with Gasteiger partial charge >= 0.3 is 5.97 Å². The number of carboxylic acid groups (broad SMARTS) is 1. The Hall–Kier alpha value is -0.900. The second-order valence-electron chi connectivity index (χ2n) is 3.82. The van der Waals surface area contributed by atoms with E-state index in [1.54, 1.807) is 11.3 Å². The molecule has 0 spiro atoms. The van der Waals surface area contributed by atoms with Crippen LogP contribution in [0, 0.1) is 0 Å². The minimum absolute atomic E-state index is 0.201. The third-order valence-corrected chi connectivity index (χ3v) is 3.65. The summed E-state index contributed by atoms with van der Waals surface area (Å²) in [5.41, 5.74) is 1.07. The van der Waals surface area contributed by atoms with Gasteiger partial charge in [0.2, 0.25) is 0 Å². The number of carboxylic acids is 1. The van der Waals surface area contributed by atoms with Crippen molar-refractivity contribution < 1.29 is 9.90 Å². The number of hydrogen-bond acceptors (Lipinski definition) is 3. The molecule has 0 amide bonds. The topological polar surface area (TPSA) is 50.2 Å². The molecule has 0 aliphatic heterocycles. The van der Waals surface area contributed by atoms with Crippen molar-refractivity contribution in [3.63, 3.8) is 0 Å². The van der Waals surface area contributed by atoms with E-state index in [-0.39, 0.29) is 6.42 Å². The molecule has 0 saturated heterocycles. The molecule has 15 heavy (non-hydrogen) atoms. The summed E-state index contributed by atoms with van der Waals surface area (Å²) < 4.78 is 0. The van der Waals surface area contributed by atoms with Crippen molar-refractivity contribution in [1.82, 2.24) is 4.98 Å². The molecule has 0 aromatic carbocycles. The van der Waals surface area contributed by atoms with Gasteiger partial charge in [-0.1, -0.05) is 20.8 Å². The predicted molar refractivity (Wildman–Crippen MR) is 61.5 cm³/mol. The van der Waals surface area contributed by atoms with E-state index < -0.39 is 5.97 Å². The Morgan fingerprint density at radius 2 is 2.20 bits per heavy atom. The van der Waals surface area contributed by atoms with Gasteiger partial charge in [-0.2, -0.15) is 0 Å². The molecule has 0 saturated carbocycles. The Morgan fingerprint density at radius 3 is 2.67 bits per heavy atom. The summed E-state index contributed by atoms with van der Waals surface area (Å²) in [6.07, 6.45) is 1.70. The lowest BCUT2D eigenvalue weighted by atomic mass is 10.2. The van der Waals surface area contributed by atoms with Gasteiger partial charge in [0.25, 0.3) is 0 Å². The highest BCUT2D eigenvalue weighted by molar-refractivity contribution is 7.11. The maximum Gasteiger partial charge on any atom is 0.303 e. The van der Waals surface area contributed by atoms with E-state index in [1.807, 2.05) is 0 Å². The van der Waals surface area contributed by atoms with Gasteiger partial charge in [0.05, 0.1) is 17.1 Å². The molecule has 1 heterocycles. The van der Waals surface area contributed by atoms with E-state index in [9.17, 15) is 4.79 Å². The van der Waals surface area contributed by atoms with Crippen LogP contribution < -0.4 is 0 Å². The highest BCUT2D eigenvalue weighted by Gasteiger charge is 2.12. The second-order valence-corrected chi connectivity index (χ2v) is 4.94. The van der Waals surface area contributed by atoms with Crippen molar-refractivity contribution in [3.05, 3.63) is 15.6 Å². The zero-order valence-electron chi connectivity index (χ0n) is 9.41. The minimum atomic E-state index is -0.739. The Kier molecular flexibility index (Phi) is 4.27. The minimum Gasteiger partial charge on any atom is -0.481 e. The fourth-order valence-corrected chi connectivity index (χ4v) is 2.50. The molecule has 84 valence electrons. The van der Waals surface area contributed by atoms with Crippen LogP contribution >= 0.6 is 11.3 Å². The summed E-state index contributed by atoms with van der Waals surface area (Å²) in [5, 5.41) is 9.76. The van der Waals surface area contributed by atoms with Crippen LogP contribution in [-0.4, -0.2) is 16.1 Å². The number of aliphatic carboxylic acids is 1. The maximum atomic E-state index is 10.5. The van der Waals surface area contributed by atoms with Crippen LogP contribution in [0.5, 0.6) is 0 Å². The monoisotopic (exact) mass is 227 g/mol. The fraction of sp³-hybridized carbons (Fsp3) is 0.636. The largest absolute Gasteiger partial charge is 0.481 e. The van der Waals surface area contributed by atoms with Gasteiger partial charge in [0, 0.05) is 10.8 Å². The van der Waals surface area contributed by atoms with Crippen molar-refractivity contribution >= 4 is 17.3 Å². The van der Waals surface area contributed by atoms with Gasteiger partial charge in [-0.05, 0) is 12.8 Å². The Morgan fingerprint density at radius 1 is 1.53 bits per heavy atom. The maximum absolute atomic E-state index is 10.5. The molecule has 0 bridgehead atoms. The molecule has 0 fully saturated rings. The van der Waals surface area contributed by atoms with Gasteiger partial charge < -0.3 is 5.11 Å². The molecule has 4 heteroatoms. The van der Waals surface area contributed by atoms with Crippen molar-refractivity contribution in [2.24, 2.45) is 0 Å². The Balaban J connectivity index is 2.80. The first-order chi connectivity index (χ1) is 7.04. The van der Waals surface area contributed by atoms with E-state index in [2.05, 4.69) is 25.8 Å². The van der Waals surface area contributed by atoms with E-state index in [4.69, 9.17) is 5.11 Å². The third kappa shape index (κ3) is 3.30. The van der Waals surface area contributed by atoms with Gasteiger partial charge in [-0.25, -0.2) is 4.98 Å². The van der Waals surface area contributed by atoms with Crippen LogP contribution in [0.15, 0.2) is 0 Å². The van der Waals surface area contributed by atoms with Gasteiger partial charge in [0.1, 0.15) is 0 Å². The van der Waals surface area contributed by atoms with Crippen LogP contribution in [0.2, 0.25) is 0 Å². The smallest absolute Gasteiger partial charge is 0.303 e. The quantitative estimate of drug-likeness (QED) is 0.841. The van der Waals surface area contributed by atoms with E-state index in [0.717, 1.165) is 22.0 Å². The molecule has 3 nitrogen and oxygen atoms in total. The molecule has 1 aromatic rings. The number of aromatic nitrogens is 1. The molecule has 1 rings (SSSR count). The number of rotatable bonds is 5.